The van der Waals surface area contributed by atoms with Crippen LogP contribution in [0.5, 0.6) is 0 Å². The van der Waals surface area contributed by atoms with Gasteiger partial charge in [-0.3, -0.25) is 4.99 Å². The molecule has 6 nitrogen and oxygen atoms in total. The summed E-state index contributed by atoms with van der Waals surface area (Å²) in [6.45, 7) is 3.94. The van der Waals surface area contributed by atoms with Crippen molar-refractivity contribution in [3.8, 4) is 0 Å². The van der Waals surface area contributed by atoms with Gasteiger partial charge in [0.2, 0.25) is 10.0 Å². The van der Waals surface area contributed by atoms with E-state index in [1.54, 1.807) is 17.4 Å². The molecule has 0 radical (unpaired) electrons. The van der Waals surface area contributed by atoms with E-state index in [9.17, 15) is 8.42 Å². The lowest BCUT2D eigenvalue weighted by molar-refractivity contribution is 0.274. The van der Waals surface area contributed by atoms with Crippen molar-refractivity contribution in [3.05, 3.63) is 33.8 Å². The third kappa shape index (κ3) is 7.56. The number of guanidine groups is 1. The van der Waals surface area contributed by atoms with Crippen LogP contribution in [0.1, 0.15) is 31.4 Å². The number of rotatable bonds is 5. The van der Waals surface area contributed by atoms with Crippen LogP contribution >= 0.6 is 47.2 Å². The Morgan fingerprint density at radius 2 is 1.93 bits per heavy atom. The molecule has 1 atom stereocenters. The first kappa shape index (κ1) is 24.7. The van der Waals surface area contributed by atoms with Crippen LogP contribution in [-0.2, 0) is 10.0 Å². The third-order valence-corrected chi connectivity index (χ3v) is 6.66. The first-order valence-electron chi connectivity index (χ1n) is 8.58. The minimum Gasteiger partial charge on any atom is -0.356 e. The van der Waals surface area contributed by atoms with E-state index < -0.39 is 10.0 Å². The van der Waals surface area contributed by atoms with Gasteiger partial charge in [-0.05, 0) is 43.4 Å². The number of nitrogens with zero attached hydrogens (tertiary/aromatic N) is 2. The second-order valence-corrected chi connectivity index (χ2v) is 9.39. The Hall–Kier alpha value is -0.290. The van der Waals surface area contributed by atoms with Crippen LogP contribution < -0.4 is 10.6 Å². The molecule has 1 saturated heterocycles. The van der Waals surface area contributed by atoms with Crippen molar-refractivity contribution in [1.29, 1.82) is 0 Å². The van der Waals surface area contributed by atoms with Crippen LogP contribution in [0.4, 0.5) is 0 Å². The molecule has 27 heavy (non-hydrogen) atoms. The predicted molar refractivity (Wildman–Crippen MR) is 124 cm³/mol. The number of halogens is 3. The molecule has 154 valence electrons. The molecule has 2 rings (SSSR count). The lowest BCUT2D eigenvalue weighted by atomic mass is 9.98. The highest BCUT2D eigenvalue weighted by Crippen LogP contribution is 2.25. The number of piperidine rings is 1. The summed E-state index contributed by atoms with van der Waals surface area (Å²) in [6, 6.07) is 5.57. The number of sulfonamides is 1. The number of aliphatic imine (C=N–C) groups is 1. The van der Waals surface area contributed by atoms with Crippen molar-refractivity contribution in [1.82, 2.24) is 14.9 Å². The van der Waals surface area contributed by atoms with Gasteiger partial charge < -0.3 is 10.6 Å². The standard InChI is InChI=1S/C17H26Cl2N4O2S.HI/c1-12(14-4-5-15(18)16(19)10-14)22-17(20-2)21-11-13-6-8-23(9-7-13)26(3,24)25;/h4-5,10,12-13H,6-9,11H2,1-3H3,(H2,20,21,22);1H. The summed E-state index contributed by atoms with van der Waals surface area (Å²) in [5.41, 5.74) is 1.02. The summed E-state index contributed by atoms with van der Waals surface area (Å²) in [5.74, 6) is 1.13. The number of hydrogen-bond donors (Lipinski definition) is 2. The second-order valence-electron chi connectivity index (χ2n) is 6.60. The third-order valence-electron chi connectivity index (χ3n) is 4.62. The highest BCUT2D eigenvalue weighted by Gasteiger charge is 2.24. The molecule has 1 aromatic carbocycles. The molecule has 1 aromatic rings. The Labute approximate surface area is 189 Å². The zero-order chi connectivity index (χ0) is 19.3. The van der Waals surface area contributed by atoms with E-state index in [-0.39, 0.29) is 30.0 Å². The summed E-state index contributed by atoms with van der Waals surface area (Å²) in [5, 5.41) is 7.72. The lowest BCUT2D eigenvalue weighted by Gasteiger charge is -2.30. The Morgan fingerprint density at radius 1 is 1.30 bits per heavy atom. The molecule has 0 aliphatic carbocycles. The van der Waals surface area contributed by atoms with E-state index in [1.165, 1.54) is 6.26 Å². The van der Waals surface area contributed by atoms with Crippen LogP contribution in [0.15, 0.2) is 23.2 Å². The first-order valence-corrected chi connectivity index (χ1v) is 11.2. The summed E-state index contributed by atoms with van der Waals surface area (Å²) in [6.07, 6.45) is 2.96. The van der Waals surface area contributed by atoms with Crippen LogP contribution in [0, 0.1) is 5.92 Å². The van der Waals surface area contributed by atoms with Gasteiger partial charge >= 0.3 is 0 Å². The number of benzene rings is 1. The zero-order valence-corrected chi connectivity index (χ0v) is 20.4. The van der Waals surface area contributed by atoms with E-state index in [0.29, 0.717) is 35.0 Å². The maximum Gasteiger partial charge on any atom is 0.211 e. The zero-order valence-electron chi connectivity index (χ0n) is 15.7. The van der Waals surface area contributed by atoms with Crippen LogP contribution in [0.3, 0.4) is 0 Å². The molecule has 1 fully saturated rings. The van der Waals surface area contributed by atoms with Crippen molar-refractivity contribution in [2.24, 2.45) is 10.9 Å². The van der Waals surface area contributed by atoms with Crippen molar-refractivity contribution < 1.29 is 8.42 Å². The maximum absolute atomic E-state index is 11.6. The van der Waals surface area contributed by atoms with E-state index in [4.69, 9.17) is 23.2 Å². The molecule has 0 spiro atoms. The van der Waals surface area contributed by atoms with Crippen molar-refractivity contribution in [3.63, 3.8) is 0 Å². The Kier molecular flexibility index (Phi) is 10.1. The van der Waals surface area contributed by atoms with Gasteiger partial charge in [0, 0.05) is 26.7 Å². The monoisotopic (exact) mass is 548 g/mol. The van der Waals surface area contributed by atoms with Gasteiger partial charge in [-0.1, -0.05) is 29.3 Å². The molecule has 1 aliphatic rings. The van der Waals surface area contributed by atoms with Crippen molar-refractivity contribution in [2.75, 3.05) is 32.9 Å². The molecule has 1 unspecified atom stereocenters. The fourth-order valence-corrected chi connectivity index (χ4v) is 4.13. The normalized spacial score (nSPS) is 17.9. The highest BCUT2D eigenvalue weighted by molar-refractivity contribution is 14.0. The Bertz CT molecular complexity index is 753. The Morgan fingerprint density at radius 3 is 2.44 bits per heavy atom. The second kappa shape index (κ2) is 11.0. The van der Waals surface area contributed by atoms with Crippen LogP contribution in [0.2, 0.25) is 10.0 Å². The largest absolute Gasteiger partial charge is 0.356 e. The van der Waals surface area contributed by atoms with Crippen molar-refractivity contribution >= 4 is 63.2 Å². The van der Waals surface area contributed by atoms with Crippen molar-refractivity contribution in [2.45, 2.75) is 25.8 Å². The molecular formula is C17H27Cl2IN4O2S. The number of nitrogens with one attached hydrogen (secondary N) is 2. The van der Waals surface area contributed by atoms with E-state index in [1.807, 2.05) is 19.1 Å². The first-order chi connectivity index (χ1) is 12.2. The lowest BCUT2D eigenvalue weighted by Crippen LogP contribution is -2.44. The molecule has 0 amide bonds. The molecular weight excluding hydrogens is 522 g/mol. The van der Waals surface area contributed by atoms with E-state index in [0.717, 1.165) is 24.9 Å². The smallest absolute Gasteiger partial charge is 0.211 e. The maximum atomic E-state index is 11.6. The van der Waals surface area contributed by atoms with Gasteiger partial charge in [-0.15, -0.1) is 24.0 Å². The average molecular weight is 549 g/mol. The fourth-order valence-electron chi connectivity index (χ4n) is 2.95. The number of hydrogen-bond acceptors (Lipinski definition) is 3. The molecule has 10 heteroatoms. The highest BCUT2D eigenvalue weighted by atomic mass is 127. The summed E-state index contributed by atoms with van der Waals surface area (Å²) in [4.78, 5) is 4.26. The molecule has 1 heterocycles. The van der Waals surface area contributed by atoms with Crippen LogP contribution in [-0.4, -0.2) is 51.6 Å². The summed E-state index contributed by atoms with van der Waals surface area (Å²) < 4.78 is 24.7. The fraction of sp³-hybridized carbons (Fsp3) is 0.588. The van der Waals surface area contributed by atoms with Gasteiger partial charge in [0.1, 0.15) is 0 Å². The summed E-state index contributed by atoms with van der Waals surface area (Å²) in [7, 11) is -1.36. The van der Waals surface area contributed by atoms with Gasteiger partial charge in [-0.25, -0.2) is 12.7 Å². The minimum atomic E-state index is -3.08. The topological polar surface area (TPSA) is 73.8 Å². The molecule has 1 aliphatic heterocycles. The minimum absolute atomic E-state index is 0. The van der Waals surface area contributed by atoms with Gasteiger partial charge in [-0.2, -0.15) is 0 Å². The van der Waals surface area contributed by atoms with Gasteiger partial charge in [0.15, 0.2) is 5.96 Å². The summed E-state index contributed by atoms with van der Waals surface area (Å²) >= 11 is 12.0. The SMILES string of the molecule is CN=C(NCC1CCN(S(C)(=O)=O)CC1)NC(C)c1ccc(Cl)c(Cl)c1.I. The average Bonchev–Trinajstić information content (AvgIpc) is 2.60. The van der Waals surface area contributed by atoms with Gasteiger partial charge in [0.25, 0.3) is 0 Å². The quantitative estimate of drug-likeness (QED) is 0.335. The predicted octanol–water partition coefficient (Wildman–Crippen LogP) is 3.51. The van der Waals surface area contributed by atoms with E-state index >= 15 is 0 Å². The van der Waals surface area contributed by atoms with Crippen LogP contribution in [0.25, 0.3) is 0 Å². The Balaban J connectivity index is 0.00000364. The molecule has 0 aromatic heterocycles. The molecule has 0 saturated carbocycles. The van der Waals surface area contributed by atoms with Gasteiger partial charge in [0.05, 0.1) is 22.3 Å². The van der Waals surface area contributed by atoms with E-state index in [2.05, 4.69) is 15.6 Å². The molecule has 0 bridgehead atoms. The molecule has 2 N–H and O–H groups in total.